The molecule has 1 atom stereocenters. The molecule has 0 aliphatic rings. The van der Waals surface area contributed by atoms with Gasteiger partial charge < -0.3 is 20.1 Å². The number of rotatable bonds is 11. The summed E-state index contributed by atoms with van der Waals surface area (Å²) in [4.78, 5) is 22.3. The predicted molar refractivity (Wildman–Crippen MR) is 105 cm³/mol. The topological polar surface area (TPSA) is 76.7 Å². The highest BCUT2D eigenvalue weighted by atomic mass is 16.5. The molecule has 0 aromatic rings. The van der Waals surface area contributed by atoms with E-state index in [1.54, 1.807) is 6.92 Å². The fourth-order valence-electron chi connectivity index (χ4n) is 3.01. The number of nitrogens with one attached hydrogen (secondary N) is 2. The molecular weight excluding hydrogens is 332 g/mol. The molecule has 0 aliphatic heterocycles. The van der Waals surface area contributed by atoms with Gasteiger partial charge in [-0.3, -0.25) is 9.59 Å². The lowest BCUT2D eigenvalue weighted by molar-refractivity contribution is -0.121. The van der Waals surface area contributed by atoms with E-state index in [2.05, 4.69) is 52.2 Å². The highest BCUT2D eigenvalue weighted by molar-refractivity contribution is 5.73. The van der Waals surface area contributed by atoms with Crippen molar-refractivity contribution in [1.82, 2.24) is 10.6 Å². The molecule has 0 aromatic carbocycles. The molecule has 6 nitrogen and oxygen atoms in total. The van der Waals surface area contributed by atoms with Gasteiger partial charge in [0.25, 0.3) is 0 Å². The van der Waals surface area contributed by atoms with Gasteiger partial charge in [-0.15, -0.1) is 0 Å². The zero-order chi connectivity index (χ0) is 20.4. The van der Waals surface area contributed by atoms with Crippen molar-refractivity contribution in [3.05, 3.63) is 0 Å². The maximum atomic E-state index is 11.5. The van der Waals surface area contributed by atoms with Gasteiger partial charge in [0.1, 0.15) is 0 Å². The number of carbonyl (C=O) groups is 2. The molecule has 0 spiro atoms. The third-order valence-electron chi connectivity index (χ3n) is 4.51. The van der Waals surface area contributed by atoms with Gasteiger partial charge in [0, 0.05) is 32.4 Å². The lowest BCUT2D eigenvalue weighted by Gasteiger charge is -2.48. The van der Waals surface area contributed by atoms with Crippen molar-refractivity contribution < 1.29 is 19.1 Å². The zero-order valence-corrected chi connectivity index (χ0v) is 18.1. The van der Waals surface area contributed by atoms with Crippen LogP contribution in [0.4, 0.5) is 0 Å². The summed E-state index contributed by atoms with van der Waals surface area (Å²) >= 11 is 0. The van der Waals surface area contributed by atoms with Gasteiger partial charge in [-0.1, -0.05) is 41.5 Å². The van der Waals surface area contributed by atoms with E-state index in [-0.39, 0.29) is 28.1 Å². The van der Waals surface area contributed by atoms with E-state index in [0.29, 0.717) is 39.5 Å². The molecule has 0 heterocycles. The maximum absolute atomic E-state index is 11.5. The summed E-state index contributed by atoms with van der Waals surface area (Å²) in [7, 11) is 0. The van der Waals surface area contributed by atoms with E-state index >= 15 is 0 Å². The van der Waals surface area contributed by atoms with Gasteiger partial charge >= 0.3 is 0 Å². The largest absolute Gasteiger partial charge is 0.378 e. The molecule has 0 saturated carbocycles. The van der Waals surface area contributed by atoms with E-state index in [9.17, 15) is 9.59 Å². The van der Waals surface area contributed by atoms with Gasteiger partial charge in [0.2, 0.25) is 11.8 Å². The Morgan fingerprint density at radius 2 is 1.35 bits per heavy atom. The average Bonchev–Trinajstić information content (AvgIpc) is 2.44. The van der Waals surface area contributed by atoms with E-state index < -0.39 is 0 Å². The minimum Gasteiger partial charge on any atom is -0.378 e. The van der Waals surface area contributed by atoms with Crippen LogP contribution in [-0.2, 0) is 19.1 Å². The summed E-state index contributed by atoms with van der Waals surface area (Å²) in [5.74, 6) is -0.0752. The molecule has 0 radical (unpaired) electrons. The Hall–Kier alpha value is -1.14. The Balaban J connectivity index is 4.69. The normalized spacial score (nSPS) is 14.6. The van der Waals surface area contributed by atoms with E-state index in [0.717, 1.165) is 6.42 Å². The molecule has 6 heteroatoms. The molecule has 1 unspecified atom stereocenters. The molecule has 0 fully saturated rings. The molecule has 154 valence electrons. The molecule has 0 aromatic heterocycles. The van der Waals surface area contributed by atoms with Crippen LogP contribution in [0.2, 0.25) is 0 Å². The Morgan fingerprint density at radius 1 is 0.808 bits per heavy atom. The highest BCUT2D eigenvalue weighted by Gasteiger charge is 2.44. The van der Waals surface area contributed by atoms with Crippen LogP contribution in [0.15, 0.2) is 0 Å². The lowest BCUT2D eigenvalue weighted by Crippen LogP contribution is -2.50. The predicted octanol–water partition coefficient (Wildman–Crippen LogP) is 2.76. The summed E-state index contributed by atoms with van der Waals surface area (Å²) in [6.07, 6.45) is 0.938. The number of carbonyl (C=O) groups excluding carboxylic acids is 2. The Kier molecular flexibility index (Phi) is 10.4. The van der Waals surface area contributed by atoms with E-state index in [1.807, 2.05) is 0 Å². The lowest BCUT2D eigenvalue weighted by atomic mass is 9.60. The second-order valence-corrected chi connectivity index (χ2v) is 9.33. The zero-order valence-electron chi connectivity index (χ0n) is 18.1. The number of hydrogen-bond donors (Lipinski definition) is 2. The Bertz CT molecular complexity index is 438. The van der Waals surface area contributed by atoms with Crippen LogP contribution in [0.3, 0.4) is 0 Å². The summed E-state index contributed by atoms with van der Waals surface area (Å²) in [6.45, 7) is 19.4. The smallest absolute Gasteiger partial charge is 0.216 e. The second kappa shape index (κ2) is 10.9. The molecule has 0 bridgehead atoms. The molecule has 0 saturated heterocycles. The fourth-order valence-corrected chi connectivity index (χ4v) is 3.01. The maximum Gasteiger partial charge on any atom is 0.216 e. The van der Waals surface area contributed by atoms with Gasteiger partial charge in [-0.2, -0.15) is 0 Å². The first-order chi connectivity index (χ1) is 11.8. The van der Waals surface area contributed by atoms with Crippen LogP contribution in [-0.4, -0.2) is 51.3 Å². The first kappa shape index (κ1) is 24.9. The van der Waals surface area contributed by atoms with Crippen LogP contribution < -0.4 is 10.6 Å². The number of amides is 2. The number of ether oxygens (including phenoxy) is 2. The SMILES string of the molecule is CC(=O)NCCOCCOCC(CNC(C)=O)(CC(C)(C)C)C(C)(C)C. The van der Waals surface area contributed by atoms with E-state index in [1.165, 1.54) is 6.92 Å². The molecule has 2 N–H and O–H groups in total. The van der Waals surface area contributed by atoms with Crippen LogP contribution in [0.1, 0.15) is 61.8 Å². The molecule has 26 heavy (non-hydrogen) atoms. The van der Waals surface area contributed by atoms with Crippen LogP contribution in [0.5, 0.6) is 0 Å². The van der Waals surface area contributed by atoms with Crippen molar-refractivity contribution in [2.45, 2.75) is 61.8 Å². The van der Waals surface area contributed by atoms with Crippen molar-refractivity contribution >= 4 is 11.8 Å². The molecule has 2 amide bonds. The minimum absolute atomic E-state index is 0.0196. The van der Waals surface area contributed by atoms with E-state index in [4.69, 9.17) is 9.47 Å². The Labute approximate surface area is 159 Å². The molecule has 0 rings (SSSR count). The van der Waals surface area contributed by atoms with Crippen molar-refractivity contribution in [3.8, 4) is 0 Å². The van der Waals surface area contributed by atoms with Crippen molar-refractivity contribution in [1.29, 1.82) is 0 Å². The van der Waals surface area contributed by atoms with Crippen LogP contribution in [0, 0.1) is 16.2 Å². The number of hydrogen-bond acceptors (Lipinski definition) is 4. The Morgan fingerprint density at radius 3 is 1.81 bits per heavy atom. The summed E-state index contributed by atoms with van der Waals surface area (Å²) in [5, 5.41) is 5.69. The molecular formula is C20H40N2O4. The van der Waals surface area contributed by atoms with Crippen molar-refractivity contribution in [3.63, 3.8) is 0 Å². The van der Waals surface area contributed by atoms with Gasteiger partial charge in [-0.05, 0) is 17.3 Å². The average molecular weight is 373 g/mol. The standard InChI is InChI=1S/C20H40N2O4/c1-16(23)21-9-10-25-11-12-26-15-20(19(6,7)8,13-18(3,4)5)14-22-17(2)24/h9-15H2,1-8H3,(H,21,23)(H,22,24). The van der Waals surface area contributed by atoms with Crippen LogP contribution in [0.25, 0.3) is 0 Å². The summed E-state index contributed by atoms with van der Waals surface area (Å²) in [6, 6.07) is 0. The van der Waals surface area contributed by atoms with Crippen LogP contribution >= 0.6 is 0 Å². The van der Waals surface area contributed by atoms with Crippen molar-refractivity contribution in [2.24, 2.45) is 16.2 Å². The monoisotopic (exact) mass is 372 g/mol. The second-order valence-electron chi connectivity index (χ2n) is 9.33. The highest BCUT2D eigenvalue weighted by Crippen LogP contribution is 2.46. The summed E-state index contributed by atoms with van der Waals surface area (Å²) in [5.41, 5.74) is -0.0912. The fraction of sp³-hybridized carbons (Fsp3) is 0.900. The third kappa shape index (κ3) is 10.8. The van der Waals surface area contributed by atoms with Gasteiger partial charge in [-0.25, -0.2) is 0 Å². The third-order valence-corrected chi connectivity index (χ3v) is 4.51. The first-order valence-corrected chi connectivity index (χ1v) is 9.43. The van der Waals surface area contributed by atoms with Gasteiger partial charge in [0.15, 0.2) is 0 Å². The van der Waals surface area contributed by atoms with Gasteiger partial charge in [0.05, 0.1) is 26.4 Å². The summed E-state index contributed by atoms with van der Waals surface area (Å²) < 4.78 is 11.4. The quantitative estimate of drug-likeness (QED) is 0.547. The minimum atomic E-state index is -0.174. The molecule has 0 aliphatic carbocycles. The van der Waals surface area contributed by atoms with Crippen molar-refractivity contribution in [2.75, 3.05) is 39.5 Å². The first-order valence-electron chi connectivity index (χ1n) is 9.43.